The molecule has 2 aromatic rings. The largest absolute Gasteiger partial charge is 0.322 e. The normalized spacial score (nSPS) is 18.6. The van der Waals surface area contributed by atoms with Crippen LogP contribution in [0.1, 0.15) is 50.4 Å². The summed E-state index contributed by atoms with van der Waals surface area (Å²) >= 11 is 6.00. The number of alkyl halides is 1. The van der Waals surface area contributed by atoms with Gasteiger partial charge < -0.3 is 4.57 Å². The lowest BCUT2D eigenvalue weighted by atomic mass is 9.82. The highest BCUT2D eigenvalue weighted by Crippen LogP contribution is 2.38. The molecule has 3 rings (SSSR count). The number of imidazole rings is 1. The fourth-order valence-corrected chi connectivity index (χ4v) is 3.80. The van der Waals surface area contributed by atoms with Crippen LogP contribution in [0.5, 0.6) is 0 Å². The molecule has 0 atom stereocenters. The van der Waals surface area contributed by atoms with Crippen molar-refractivity contribution < 1.29 is 0 Å². The number of nitrogens with zero attached hydrogens (tertiary/aromatic N) is 2. The molecule has 0 amide bonds. The first-order chi connectivity index (χ1) is 9.64. The average Bonchev–Trinajstić information content (AvgIpc) is 2.78. The Morgan fingerprint density at radius 3 is 2.70 bits per heavy atom. The molecular weight excluding hydrogens is 268 g/mol. The van der Waals surface area contributed by atoms with Gasteiger partial charge in [-0.1, -0.05) is 25.3 Å². The summed E-state index contributed by atoms with van der Waals surface area (Å²) in [5.41, 5.74) is 3.91. The van der Waals surface area contributed by atoms with Gasteiger partial charge in [0.2, 0.25) is 0 Å². The third-order valence-corrected chi connectivity index (χ3v) is 4.86. The van der Waals surface area contributed by atoms with Crippen molar-refractivity contribution >= 4 is 22.6 Å². The van der Waals surface area contributed by atoms with Crippen LogP contribution in [-0.2, 0) is 12.0 Å². The van der Waals surface area contributed by atoms with Gasteiger partial charge in [0.1, 0.15) is 5.82 Å². The van der Waals surface area contributed by atoms with Crippen molar-refractivity contribution in [2.24, 2.45) is 0 Å². The van der Waals surface area contributed by atoms with Crippen molar-refractivity contribution in [1.29, 1.82) is 0 Å². The number of aryl methyl sites for hydroxylation is 2. The molecular formula is C17H23ClN2. The van der Waals surface area contributed by atoms with Gasteiger partial charge in [-0.05, 0) is 44.4 Å². The van der Waals surface area contributed by atoms with E-state index in [9.17, 15) is 0 Å². The van der Waals surface area contributed by atoms with Gasteiger partial charge >= 0.3 is 0 Å². The summed E-state index contributed by atoms with van der Waals surface area (Å²) in [5.74, 6) is 1.79. The van der Waals surface area contributed by atoms with E-state index in [4.69, 9.17) is 16.6 Å². The number of rotatable bonds is 3. The molecule has 0 spiro atoms. The smallest absolute Gasteiger partial charge is 0.111 e. The molecule has 0 N–H and O–H groups in total. The van der Waals surface area contributed by atoms with Crippen molar-refractivity contribution in [1.82, 2.24) is 9.55 Å². The molecule has 1 saturated carbocycles. The number of hydrogen-bond acceptors (Lipinski definition) is 1. The molecule has 0 unspecified atom stereocenters. The van der Waals surface area contributed by atoms with Crippen molar-refractivity contribution in [3.8, 4) is 0 Å². The minimum atomic E-state index is 0.211. The predicted octanol–water partition coefficient (Wildman–Crippen LogP) is 4.81. The van der Waals surface area contributed by atoms with Gasteiger partial charge in [-0.15, -0.1) is 11.6 Å². The van der Waals surface area contributed by atoms with Crippen molar-refractivity contribution in [2.45, 2.75) is 57.9 Å². The Morgan fingerprint density at radius 1 is 1.25 bits per heavy atom. The third-order valence-electron chi connectivity index (χ3n) is 4.67. The zero-order chi connectivity index (χ0) is 14.2. The van der Waals surface area contributed by atoms with Crippen LogP contribution in [0.3, 0.4) is 0 Å². The lowest BCUT2D eigenvalue weighted by molar-refractivity contribution is 0.219. The van der Waals surface area contributed by atoms with Gasteiger partial charge in [0.15, 0.2) is 0 Å². The molecule has 3 heteroatoms. The van der Waals surface area contributed by atoms with Crippen LogP contribution in [0.2, 0.25) is 0 Å². The van der Waals surface area contributed by atoms with E-state index in [0.717, 1.165) is 17.8 Å². The maximum atomic E-state index is 6.00. The van der Waals surface area contributed by atoms with Gasteiger partial charge in [0.05, 0.1) is 11.0 Å². The molecule has 20 heavy (non-hydrogen) atoms. The summed E-state index contributed by atoms with van der Waals surface area (Å²) in [5, 5.41) is 0. The molecule has 1 fully saturated rings. The van der Waals surface area contributed by atoms with E-state index in [0.29, 0.717) is 5.88 Å². The highest BCUT2D eigenvalue weighted by atomic mass is 35.5. The maximum absolute atomic E-state index is 6.00. The minimum Gasteiger partial charge on any atom is -0.322 e. The van der Waals surface area contributed by atoms with Crippen molar-refractivity contribution in [2.75, 3.05) is 5.88 Å². The first kappa shape index (κ1) is 13.9. The zero-order valence-electron chi connectivity index (χ0n) is 12.5. The molecule has 1 aromatic heterocycles. The SMILES string of the molecule is Cc1ccc2nc(CCCl)n(C3(C)CCCCC3)c2c1. The molecule has 0 radical (unpaired) electrons. The van der Waals surface area contributed by atoms with Crippen molar-refractivity contribution in [3.63, 3.8) is 0 Å². The Bertz CT molecular complexity index is 609. The Kier molecular flexibility index (Phi) is 3.76. The van der Waals surface area contributed by atoms with Crippen LogP contribution in [-0.4, -0.2) is 15.4 Å². The first-order valence-corrected chi connectivity index (χ1v) is 8.22. The number of hydrogen-bond donors (Lipinski definition) is 0. The van der Waals surface area contributed by atoms with E-state index in [-0.39, 0.29) is 5.54 Å². The summed E-state index contributed by atoms with van der Waals surface area (Å²) in [6.45, 7) is 4.55. The number of aromatic nitrogens is 2. The van der Waals surface area contributed by atoms with Gasteiger partial charge in [0.25, 0.3) is 0 Å². The molecule has 2 nitrogen and oxygen atoms in total. The average molecular weight is 291 g/mol. The second-order valence-electron chi connectivity index (χ2n) is 6.35. The highest BCUT2D eigenvalue weighted by Gasteiger charge is 2.32. The first-order valence-electron chi connectivity index (χ1n) is 7.68. The van der Waals surface area contributed by atoms with Crippen LogP contribution in [0.4, 0.5) is 0 Å². The zero-order valence-corrected chi connectivity index (χ0v) is 13.2. The van der Waals surface area contributed by atoms with E-state index in [1.807, 2.05) is 0 Å². The summed E-state index contributed by atoms with van der Waals surface area (Å²) < 4.78 is 2.50. The van der Waals surface area contributed by atoms with E-state index in [2.05, 4.69) is 36.6 Å². The quantitative estimate of drug-likeness (QED) is 0.742. The summed E-state index contributed by atoms with van der Waals surface area (Å²) in [4.78, 5) is 4.84. The number of benzene rings is 1. The Hall–Kier alpha value is -1.02. The molecule has 1 aliphatic carbocycles. The second-order valence-corrected chi connectivity index (χ2v) is 6.73. The van der Waals surface area contributed by atoms with Gasteiger partial charge in [0, 0.05) is 17.8 Å². The van der Waals surface area contributed by atoms with Crippen molar-refractivity contribution in [3.05, 3.63) is 29.6 Å². The molecule has 0 bridgehead atoms. The molecule has 1 heterocycles. The molecule has 1 aliphatic rings. The van der Waals surface area contributed by atoms with E-state index in [1.54, 1.807) is 0 Å². The fourth-order valence-electron chi connectivity index (χ4n) is 3.63. The Labute approximate surface area is 126 Å². The van der Waals surface area contributed by atoms with Gasteiger partial charge in [-0.2, -0.15) is 0 Å². The summed E-state index contributed by atoms with van der Waals surface area (Å²) in [6.07, 6.45) is 7.37. The van der Waals surface area contributed by atoms with Crippen LogP contribution < -0.4 is 0 Å². The topological polar surface area (TPSA) is 17.8 Å². The van der Waals surface area contributed by atoms with E-state index < -0.39 is 0 Å². The van der Waals surface area contributed by atoms with E-state index >= 15 is 0 Å². The van der Waals surface area contributed by atoms with Crippen LogP contribution >= 0.6 is 11.6 Å². The van der Waals surface area contributed by atoms with Crippen LogP contribution in [0.15, 0.2) is 18.2 Å². The van der Waals surface area contributed by atoms with Gasteiger partial charge in [-0.25, -0.2) is 4.98 Å². The Balaban J connectivity index is 2.19. The van der Waals surface area contributed by atoms with Crippen LogP contribution in [0, 0.1) is 6.92 Å². The van der Waals surface area contributed by atoms with Gasteiger partial charge in [-0.3, -0.25) is 0 Å². The third kappa shape index (κ3) is 2.35. The Morgan fingerprint density at radius 2 is 2.00 bits per heavy atom. The lowest BCUT2D eigenvalue weighted by Crippen LogP contribution is -2.34. The fraction of sp³-hybridized carbons (Fsp3) is 0.588. The minimum absolute atomic E-state index is 0.211. The maximum Gasteiger partial charge on any atom is 0.111 e. The second kappa shape index (κ2) is 5.40. The van der Waals surface area contributed by atoms with E-state index in [1.165, 1.54) is 43.2 Å². The monoisotopic (exact) mass is 290 g/mol. The molecule has 0 saturated heterocycles. The molecule has 108 valence electrons. The number of fused-ring (bicyclic) bond motifs is 1. The predicted molar refractivity (Wildman–Crippen MR) is 85.6 cm³/mol. The molecule has 0 aliphatic heterocycles. The number of halogens is 1. The standard InChI is InChI=1S/C17H23ClN2/c1-13-6-7-14-15(12-13)20(16(19-14)8-11-18)17(2)9-4-3-5-10-17/h6-7,12H,3-5,8-11H2,1-2H3. The summed E-state index contributed by atoms with van der Waals surface area (Å²) in [7, 11) is 0. The highest BCUT2D eigenvalue weighted by molar-refractivity contribution is 6.17. The van der Waals surface area contributed by atoms with Crippen LogP contribution in [0.25, 0.3) is 11.0 Å². The summed E-state index contributed by atoms with van der Waals surface area (Å²) in [6, 6.07) is 6.57. The molecule has 1 aromatic carbocycles. The lowest BCUT2D eigenvalue weighted by Gasteiger charge is -2.37.